The lowest BCUT2D eigenvalue weighted by molar-refractivity contribution is 0.130. The molecule has 1 atom stereocenters. The summed E-state index contributed by atoms with van der Waals surface area (Å²) in [6.07, 6.45) is 2.26. The van der Waals surface area contributed by atoms with Gasteiger partial charge in [-0.05, 0) is 31.5 Å². The Balaban J connectivity index is 2.87. The average Bonchev–Trinajstić information content (AvgIpc) is 2.24. The van der Waals surface area contributed by atoms with Crippen LogP contribution in [-0.2, 0) is 0 Å². The van der Waals surface area contributed by atoms with E-state index in [2.05, 4.69) is 0 Å². The summed E-state index contributed by atoms with van der Waals surface area (Å²) >= 11 is 5.95. The first-order valence-corrected chi connectivity index (χ1v) is 5.64. The van der Waals surface area contributed by atoms with E-state index >= 15 is 0 Å². The molecule has 0 fully saturated rings. The summed E-state index contributed by atoms with van der Waals surface area (Å²) in [5.41, 5.74) is -0.298. The normalized spacial score (nSPS) is 14.0. The van der Waals surface area contributed by atoms with Gasteiger partial charge in [-0.3, -0.25) is 0 Å². The minimum atomic E-state index is -0.947. The summed E-state index contributed by atoms with van der Waals surface area (Å²) in [6, 6.07) is 5.06. The predicted molar refractivity (Wildman–Crippen MR) is 68.4 cm³/mol. The molecule has 3 nitrogen and oxygen atoms in total. The van der Waals surface area contributed by atoms with Crippen molar-refractivity contribution in [3.63, 3.8) is 0 Å². The average molecular weight is 257 g/mol. The Morgan fingerprint density at radius 3 is 2.53 bits per heavy atom. The zero-order chi connectivity index (χ0) is 13.1. The van der Waals surface area contributed by atoms with Gasteiger partial charge in [-0.25, -0.2) is 0 Å². The molecule has 2 N–H and O–H groups in total. The molecule has 17 heavy (non-hydrogen) atoms. The van der Waals surface area contributed by atoms with E-state index in [1.54, 1.807) is 32.0 Å². The fraction of sp³-hybridized carbons (Fsp3) is 0.385. The molecule has 0 saturated carbocycles. The lowest BCUT2D eigenvalue weighted by atomic mass is 10.0. The Morgan fingerprint density at radius 2 is 2.06 bits per heavy atom. The van der Waals surface area contributed by atoms with E-state index in [9.17, 15) is 10.2 Å². The summed E-state index contributed by atoms with van der Waals surface area (Å²) in [5.74, 6) is 0.564. The lowest BCUT2D eigenvalue weighted by Crippen LogP contribution is -2.14. The van der Waals surface area contributed by atoms with Crippen molar-refractivity contribution in [3.05, 3.63) is 40.9 Å². The Morgan fingerprint density at radius 1 is 1.41 bits per heavy atom. The van der Waals surface area contributed by atoms with Crippen LogP contribution in [0.3, 0.4) is 0 Å². The molecule has 0 spiro atoms. The van der Waals surface area contributed by atoms with Crippen molar-refractivity contribution in [1.29, 1.82) is 0 Å². The Labute approximate surface area is 106 Å². The molecule has 0 aliphatic carbocycles. The monoisotopic (exact) mass is 256 g/mol. The van der Waals surface area contributed by atoms with Gasteiger partial charge < -0.3 is 14.9 Å². The second-order valence-electron chi connectivity index (χ2n) is 4.35. The summed E-state index contributed by atoms with van der Waals surface area (Å²) in [6.45, 7) is 3.27. The highest BCUT2D eigenvalue weighted by atomic mass is 35.5. The number of aliphatic hydroxyl groups excluding tert-OH is 1. The van der Waals surface area contributed by atoms with Gasteiger partial charge in [-0.1, -0.05) is 29.8 Å². The number of ether oxygens (including phenoxy) is 1. The van der Waals surface area contributed by atoms with Crippen LogP contribution in [0.15, 0.2) is 30.4 Å². The lowest BCUT2D eigenvalue weighted by Gasteiger charge is -2.13. The second kappa shape index (κ2) is 5.54. The fourth-order valence-electron chi connectivity index (χ4n) is 1.30. The highest BCUT2D eigenvalue weighted by Crippen LogP contribution is 2.28. The Hall–Kier alpha value is -1.03. The molecule has 4 heteroatoms. The Bertz CT molecular complexity index is 408. The van der Waals surface area contributed by atoms with Crippen molar-refractivity contribution in [3.8, 4) is 5.75 Å². The van der Waals surface area contributed by atoms with Crippen LogP contribution in [0.1, 0.15) is 25.5 Å². The molecule has 0 aliphatic heterocycles. The van der Waals surface area contributed by atoms with Crippen LogP contribution in [0.25, 0.3) is 0 Å². The zero-order valence-electron chi connectivity index (χ0n) is 10.1. The molecular weight excluding hydrogens is 240 g/mol. The quantitative estimate of drug-likeness (QED) is 0.815. The molecular formula is C13H17ClO3. The second-order valence-corrected chi connectivity index (χ2v) is 4.76. The molecule has 1 aromatic rings. The van der Waals surface area contributed by atoms with E-state index in [0.717, 1.165) is 0 Å². The highest BCUT2D eigenvalue weighted by Gasteiger charge is 2.11. The van der Waals surface area contributed by atoms with E-state index in [1.165, 1.54) is 19.3 Å². The highest BCUT2D eigenvalue weighted by molar-refractivity contribution is 6.32. The topological polar surface area (TPSA) is 49.7 Å². The molecule has 0 aromatic heterocycles. The molecule has 0 saturated heterocycles. The maximum Gasteiger partial charge on any atom is 0.137 e. The summed E-state index contributed by atoms with van der Waals surface area (Å²) in [4.78, 5) is 0. The van der Waals surface area contributed by atoms with Gasteiger partial charge in [0.25, 0.3) is 0 Å². The van der Waals surface area contributed by atoms with Gasteiger partial charge in [-0.15, -0.1) is 0 Å². The number of benzene rings is 1. The maximum atomic E-state index is 9.87. The third kappa shape index (κ3) is 4.38. The Kier molecular flexibility index (Phi) is 4.57. The molecule has 1 aromatic carbocycles. The molecule has 0 amide bonds. The van der Waals surface area contributed by atoms with Crippen LogP contribution in [0.5, 0.6) is 5.75 Å². The number of hydrogen-bond donors (Lipinski definition) is 2. The van der Waals surface area contributed by atoms with Crippen molar-refractivity contribution in [2.75, 3.05) is 7.11 Å². The molecule has 0 heterocycles. The summed E-state index contributed by atoms with van der Waals surface area (Å²) in [5, 5.41) is 19.8. The van der Waals surface area contributed by atoms with Gasteiger partial charge in [0.2, 0.25) is 0 Å². The summed E-state index contributed by atoms with van der Waals surface area (Å²) < 4.78 is 5.02. The van der Waals surface area contributed by atoms with Crippen LogP contribution in [0, 0.1) is 0 Å². The standard InChI is InChI=1S/C13H17ClO3/c1-13(2,16)7-6-11(15)9-4-5-12(17-3)10(14)8-9/h4-8,11,15-16H,1-3H3/b7-6+. The summed E-state index contributed by atoms with van der Waals surface area (Å²) in [7, 11) is 1.53. The van der Waals surface area contributed by atoms with E-state index < -0.39 is 11.7 Å². The van der Waals surface area contributed by atoms with Crippen molar-refractivity contribution in [2.45, 2.75) is 25.6 Å². The third-order valence-electron chi connectivity index (χ3n) is 2.20. The van der Waals surface area contributed by atoms with Crippen molar-refractivity contribution in [2.24, 2.45) is 0 Å². The number of rotatable bonds is 4. The van der Waals surface area contributed by atoms with Gasteiger partial charge in [-0.2, -0.15) is 0 Å². The van der Waals surface area contributed by atoms with Gasteiger partial charge >= 0.3 is 0 Å². The van der Waals surface area contributed by atoms with Crippen LogP contribution in [0.2, 0.25) is 5.02 Å². The molecule has 1 unspecified atom stereocenters. The fourth-order valence-corrected chi connectivity index (χ4v) is 1.57. The smallest absolute Gasteiger partial charge is 0.137 e. The molecule has 0 aliphatic rings. The number of methoxy groups -OCH3 is 1. The first kappa shape index (κ1) is 14.0. The molecule has 1 rings (SSSR count). The SMILES string of the molecule is COc1ccc(C(O)/C=C/C(C)(C)O)cc1Cl. The van der Waals surface area contributed by atoms with Gasteiger partial charge in [0.1, 0.15) is 5.75 Å². The van der Waals surface area contributed by atoms with Crippen molar-refractivity contribution in [1.82, 2.24) is 0 Å². The number of halogens is 1. The zero-order valence-corrected chi connectivity index (χ0v) is 10.9. The molecule has 0 bridgehead atoms. The largest absolute Gasteiger partial charge is 0.495 e. The van der Waals surface area contributed by atoms with Crippen LogP contribution in [-0.4, -0.2) is 22.9 Å². The van der Waals surface area contributed by atoms with Gasteiger partial charge in [0.15, 0.2) is 0 Å². The van der Waals surface area contributed by atoms with Crippen molar-refractivity contribution < 1.29 is 14.9 Å². The van der Waals surface area contributed by atoms with E-state index in [0.29, 0.717) is 16.3 Å². The predicted octanol–water partition coefficient (Wildman–Crippen LogP) is 2.71. The van der Waals surface area contributed by atoms with Gasteiger partial charge in [0, 0.05) is 0 Å². The first-order chi connectivity index (χ1) is 7.83. The number of aliphatic hydroxyl groups is 2. The third-order valence-corrected chi connectivity index (χ3v) is 2.50. The minimum absolute atomic E-state index is 0.445. The maximum absolute atomic E-state index is 9.87. The minimum Gasteiger partial charge on any atom is -0.495 e. The van der Waals surface area contributed by atoms with Gasteiger partial charge in [0.05, 0.1) is 23.8 Å². The van der Waals surface area contributed by atoms with E-state index in [-0.39, 0.29) is 0 Å². The van der Waals surface area contributed by atoms with Crippen LogP contribution < -0.4 is 4.74 Å². The molecule has 0 radical (unpaired) electrons. The van der Waals surface area contributed by atoms with E-state index in [1.807, 2.05) is 0 Å². The first-order valence-electron chi connectivity index (χ1n) is 5.27. The number of hydrogen-bond acceptors (Lipinski definition) is 3. The van der Waals surface area contributed by atoms with Crippen LogP contribution >= 0.6 is 11.6 Å². The van der Waals surface area contributed by atoms with Crippen molar-refractivity contribution >= 4 is 11.6 Å². The molecule has 94 valence electrons. The van der Waals surface area contributed by atoms with E-state index in [4.69, 9.17) is 16.3 Å². The van der Waals surface area contributed by atoms with Crippen LogP contribution in [0.4, 0.5) is 0 Å².